The summed E-state index contributed by atoms with van der Waals surface area (Å²) in [5, 5.41) is 3.68. The van der Waals surface area contributed by atoms with Crippen LogP contribution in [0.2, 0.25) is 0 Å². The van der Waals surface area contributed by atoms with Gasteiger partial charge < -0.3 is 10.1 Å². The molecule has 2 unspecified atom stereocenters. The maximum Gasteiger partial charge on any atom is 0.142 e. The standard InChI is InChI=1S/C17H27NO/c1-13(2)12-19-17-10-5-4-9-16(17)18-15-8-6-7-14(3)11-15/h4-5,9-10,13-15,18H,6-8,11-12H2,1-3H3. The fourth-order valence-electron chi connectivity index (χ4n) is 2.75. The monoisotopic (exact) mass is 261 g/mol. The number of hydrogen-bond acceptors (Lipinski definition) is 2. The summed E-state index contributed by atoms with van der Waals surface area (Å²) in [6.07, 6.45) is 5.28. The molecule has 106 valence electrons. The maximum absolute atomic E-state index is 5.90. The summed E-state index contributed by atoms with van der Waals surface area (Å²) in [6, 6.07) is 8.93. The van der Waals surface area contributed by atoms with Crippen molar-refractivity contribution in [3.8, 4) is 5.75 Å². The van der Waals surface area contributed by atoms with E-state index in [2.05, 4.69) is 44.3 Å². The van der Waals surface area contributed by atoms with Gasteiger partial charge in [0.05, 0.1) is 12.3 Å². The third kappa shape index (κ3) is 4.45. The van der Waals surface area contributed by atoms with Crippen LogP contribution in [0.25, 0.3) is 0 Å². The molecule has 1 aromatic rings. The summed E-state index contributed by atoms with van der Waals surface area (Å²) < 4.78 is 5.90. The van der Waals surface area contributed by atoms with E-state index in [4.69, 9.17) is 4.74 Å². The van der Waals surface area contributed by atoms with Gasteiger partial charge in [0.2, 0.25) is 0 Å². The van der Waals surface area contributed by atoms with E-state index in [1.807, 2.05) is 6.07 Å². The second kappa shape index (κ2) is 6.83. The highest BCUT2D eigenvalue weighted by molar-refractivity contribution is 5.56. The van der Waals surface area contributed by atoms with Crippen molar-refractivity contribution in [3.05, 3.63) is 24.3 Å². The molecule has 1 fully saturated rings. The van der Waals surface area contributed by atoms with E-state index in [9.17, 15) is 0 Å². The molecule has 19 heavy (non-hydrogen) atoms. The van der Waals surface area contributed by atoms with Gasteiger partial charge in [-0.3, -0.25) is 0 Å². The van der Waals surface area contributed by atoms with E-state index >= 15 is 0 Å². The van der Waals surface area contributed by atoms with Gasteiger partial charge in [0.15, 0.2) is 0 Å². The predicted octanol–water partition coefficient (Wildman–Crippen LogP) is 4.71. The zero-order valence-electron chi connectivity index (χ0n) is 12.5. The smallest absolute Gasteiger partial charge is 0.142 e. The van der Waals surface area contributed by atoms with Crippen molar-refractivity contribution in [3.63, 3.8) is 0 Å². The summed E-state index contributed by atoms with van der Waals surface area (Å²) in [4.78, 5) is 0. The average Bonchev–Trinajstić information content (AvgIpc) is 2.38. The highest BCUT2D eigenvalue weighted by atomic mass is 16.5. The van der Waals surface area contributed by atoms with Gasteiger partial charge in [-0.2, -0.15) is 0 Å². The van der Waals surface area contributed by atoms with Crippen molar-refractivity contribution in [2.24, 2.45) is 11.8 Å². The summed E-state index contributed by atoms with van der Waals surface area (Å²) in [6.45, 7) is 7.49. The number of anilines is 1. The molecule has 1 saturated carbocycles. The van der Waals surface area contributed by atoms with E-state index in [0.29, 0.717) is 12.0 Å². The number of rotatable bonds is 5. The van der Waals surface area contributed by atoms with Crippen molar-refractivity contribution in [1.82, 2.24) is 0 Å². The molecule has 0 aromatic heterocycles. The summed E-state index contributed by atoms with van der Waals surface area (Å²) >= 11 is 0. The van der Waals surface area contributed by atoms with Crippen LogP contribution >= 0.6 is 0 Å². The molecule has 0 bridgehead atoms. The van der Waals surface area contributed by atoms with Crippen LogP contribution in [-0.4, -0.2) is 12.6 Å². The Morgan fingerprint density at radius 2 is 2.05 bits per heavy atom. The fraction of sp³-hybridized carbons (Fsp3) is 0.647. The molecule has 2 heteroatoms. The lowest BCUT2D eigenvalue weighted by atomic mass is 9.87. The molecule has 1 aliphatic carbocycles. The molecule has 0 heterocycles. The first-order valence-corrected chi connectivity index (χ1v) is 7.63. The fourth-order valence-corrected chi connectivity index (χ4v) is 2.75. The largest absolute Gasteiger partial charge is 0.491 e. The Morgan fingerprint density at radius 3 is 2.79 bits per heavy atom. The number of ether oxygens (including phenoxy) is 1. The lowest BCUT2D eigenvalue weighted by molar-refractivity contribution is 0.271. The lowest BCUT2D eigenvalue weighted by Gasteiger charge is -2.29. The summed E-state index contributed by atoms with van der Waals surface area (Å²) in [5.74, 6) is 2.40. The van der Waals surface area contributed by atoms with Crippen molar-refractivity contribution in [2.75, 3.05) is 11.9 Å². The number of nitrogens with one attached hydrogen (secondary N) is 1. The van der Waals surface area contributed by atoms with Crippen LogP contribution in [-0.2, 0) is 0 Å². The minimum Gasteiger partial charge on any atom is -0.491 e. The molecular weight excluding hydrogens is 234 g/mol. The zero-order valence-corrected chi connectivity index (χ0v) is 12.5. The van der Waals surface area contributed by atoms with Crippen LogP contribution in [0.3, 0.4) is 0 Å². The third-order valence-electron chi connectivity index (χ3n) is 3.76. The Kier molecular flexibility index (Phi) is 5.12. The second-order valence-corrected chi connectivity index (χ2v) is 6.31. The van der Waals surface area contributed by atoms with Gasteiger partial charge in [-0.1, -0.05) is 45.7 Å². The van der Waals surface area contributed by atoms with Crippen LogP contribution in [0, 0.1) is 11.8 Å². The first-order valence-electron chi connectivity index (χ1n) is 7.63. The normalized spacial score (nSPS) is 23.4. The van der Waals surface area contributed by atoms with Gasteiger partial charge in [0.1, 0.15) is 5.75 Å². The van der Waals surface area contributed by atoms with E-state index < -0.39 is 0 Å². The van der Waals surface area contributed by atoms with Crippen LogP contribution < -0.4 is 10.1 Å². The molecule has 2 atom stereocenters. The molecule has 2 nitrogen and oxygen atoms in total. The zero-order chi connectivity index (χ0) is 13.7. The Balaban J connectivity index is 1.98. The van der Waals surface area contributed by atoms with Crippen LogP contribution in [0.1, 0.15) is 46.5 Å². The van der Waals surface area contributed by atoms with Crippen LogP contribution in [0.15, 0.2) is 24.3 Å². The van der Waals surface area contributed by atoms with Gasteiger partial charge in [-0.15, -0.1) is 0 Å². The Morgan fingerprint density at radius 1 is 1.26 bits per heavy atom. The molecule has 1 N–H and O–H groups in total. The van der Waals surface area contributed by atoms with Gasteiger partial charge in [0, 0.05) is 6.04 Å². The van der Waals surface area contributed by atoms with Crippen molar-refractivity contribution in [2.45, 2.75) is 52.5 Å². The number of hydrogen-bond donors (Lipinski definition) is 1. The molecule has 1 aliphatic rings. The van der Waals surface area contributed by atoms with Gasteiger partial charge in [0.25, 0.3) is 0 Å². The van der Waals surface area contributed by atoms with Crippen LogP contribution in [0.5, 0.6) is 5.75 Å². The quantitative estimate of drug-likeness (QED) is 0.828. The Labute approximate surface area is 117 Å². The summed E-state index contributed by atoms with van der Waals surface area (Å²) in [7, 11) is 0. The first-order chi connectivity index (χ1) is 9.15. The highest BCUT2D eigenvalue weighted by Crippen LogP contribution is 2.30. The maximum atomic E-state index is 5.90. The summed E-state index contributed by atoms with van der Waals surface area (Å²) in [5.41, 5.74) is 1.15. The van der Waals surface area contributed by atoms with E-state index in [0.717, 1.165) is 24.0 Å². The van der Waals surface area contributed by atoms with Crippen molar-refractivity contribution < 1.29 is 4.74 Å². The SMILES string of the molecule is CC(C)COc1ccccc1NC1CCCC(C)C1. The molecular formula is C17H27NO. The third-order valence-corrected chi connectivity index (χ3v) is 3.76. The van der Waals surface area contributed by atoms with Gasteiger partial charge >= 0.3 is 0 Å². The molecule has 1 aromatic carbocycles. The average molecular weight is 261 g/mol. The Hall–Kier alpha value is -1.18. The molecule has 0 amide bonds. The molecule has 0 radical (unpaired) electrons. The van der Waals surface area contributed by atoms with Crippen molar-refractivity contribution >= 4 is 5.69 Å². The van der Waals surface area contributed by atoms with Gasteiger partial charge in [-0.05, 0) is 36.8 Å². The molecule has 0 aliphatic heterocycles. The number of benzene rings is 1. The topological polar surface area (TPSA) is 21.3 Å². The van der Waals surface area contributed by atoms with E-state index in [-0.39, 0.29) is 0 Å². The molecule has 0 saturated heterocycles. The molecule has 0 spiro atoms. The van der Waals surface area contributed by atoms with Crippen LogP contribution in [0.4, 0.5) is 5.69 Å². The van der Waals surface area contributed by atoms with E-state index in [1.165, 1.54) is 25.7 Å². The van der Waals surface area contributed by atoms with Crippen molar-refractivity contribution in [1.29, 1.82) is 0 Å². The molecule has 2 rings (SSSR count). The predicted molar refractivity (Wildman–Crippen MR) is 81.8 cm³/mol. The Bertz CT molecular complexity index is 389. The second-order valence-electron chi connectivity index (χ2n) is 6.31. The van der Waals surface area contributed by atoms with E-state index in [1.54, 1.807) is 0 Å². The highest BCUT2D eigenvalue weighted by Gasteiger charge is 2.19. The lowest BCUT2D eigenvalue weighted by Crippen LogP contribution is -2.26. The first kappa shape index (κ1) is 14.2. The van der Waals surface area contributed by atoms with Gasteiger partial charge in [-0.25, -0.2) is 0 Å². The minimum absolute atomic E-state index is 0.558. The number of para-hydroxylation sites is 2. The minimum atomic E-state index is 0.558.